The highest BCUT2D eigenvalue weighted by Crippen LogP contribution is 2.14. The van der Waals surface area contributed by atoms with E-state index in [0.29, 0.717) is 31.3 Å². The lowest BCUT2D eigenvalue weighted by Crippen LogP contribution is -2.45. The lowest BCUT2D eigenvalue weighted by Gasteiger charge is -2.21. The van der Waals surface area contributed by atoms with Gasteiger partial charge in [0, 0.05) is 38.9 Å². The maximum Gasteiger partial charge on any atom is 0.312 e. The summed E-state index contributed by atoms with van der Waals surface area (Å²) < 4.78 is 9.89. The van der Waals surface area contributed by atoms with Gasteiger partial charge in [0.2, 0.25) is 0 Å². The second kappa shape index (κ2) is 10.2. The fourth-order valence-electron chi connectivity index (χ4n) is 1.75. The lowest BCUT2D eigenvalue weighted by atomic mass is 10.2. The molecule has 0 bridgehead atoms. The molecular weight excluding hydrogens is 308 g/mol. The highest BCUT2D eigenvalue weighted by atomic mass is 35.5. The molecule has 122 valence electrons. The van der Waals surface area contributed by atoms with Crippen LogP contribution in [-0.2, 0) is 25.6 Å². The average molecular weight is 329 g/mol. The lowest BCUT2D eigenvalue weighted by molar-refractivity contribution is -0.146. The average Bonchev–Trinajstić information content (AvgIpc) is 2.53. The Balaban J connectivity index is 2.57. The Labute approximate surface area is 135 Å². The van der Waals surface area contributed by atoms with Crippen molar-refractivity contribution < 1.29 is 19.1 Å². The number of halogens is 1. The molecule has 0 radical (unpaired) electrons. The third-order valence-corrected chi connectivity index (χ3v) is 3.38. The number of hydrogen-bond acceptors (Lipinski definition) is 4. The number of ether oxygens (including phenoxy) is 2. The minimum Gasteiger partial charge on any atom is -0.383 e. The Hall–Kier alpha value is -1.63. The number of carbonyl (C=O) groups excluding carboxylic acids is 2. The molecule has 1 rings (SSSR count). The zero-order chi connectivity index (χ0) is 16.4. The van der Waals surface area contributed by atoms with E-state index < -0.39 is 11.8 Å². The second-order valence-corrected chi connectivity index (χ2v) is 4.96. The molecule has 22 heavy (non-hydrogen) atoms. The van der Waals surface area contributed by atoms with E-state index in [-0.39, 0.29) is 6.54 Å². The first kappa shape index (κ1) is 18.4. The number of amides is 2. The number of methoxy groups -OCH3 is 2. The summed E-state index contributed by atoms with van der Waals surface area (Å²) in [7, 11) is 3.08. The quantitative estimate of drug-likeness (QED) is 0.725. The third-order valence-electron chi connectivity index (χ3n) is 3.01. The minimum atomic E-state index is -0.674. The SMILES string of the molecule is COCCN(CCOC)C(=O)C(=O)NCc1ccccc1Cl. The first-order chi connectivity index (χ1) is 10.6. The highest BCUT2D eigenvalue weighted by Gasteiger charge is 2.21. The van der Waals surface area contributed by atoms with Gasteiger partial charge in [0.15, 0.2) is 0 Å². The van der Waals surface area contributed by atoms with Crippen molar-refractivity contribution in [3.63, 3.8) is 0 Å². The molecule has 0 atom stereocenters. The fraction of sp³-hybridized carbons (Fsp3) is 0.467. The maximum atomic E-state index is 12.1. The Bertz CT molecular complexity index is 488. The molecule has 2 amide bonds. The number of hydrogen-bond donors (Lipinski definition) is 1. The van der Waals surface area contributed by atoms with Gasteiger partial charge >= 0.3 is 11.8 Å². The standard InChI is InChI=1S/C15H21ClN2O4/c1-21-9-7-18(8-10-22-2)15(20)14(19)17-11-12-5-3-4-6-13(12)16/h3-6H,7-11H2,1-2H3,(H,17,19). The van der Waals surface area contributed by atoms with Crippen LogP contribution in [0.15, 0.2) is 24.3 Å². The molecule has 0 fully saturated rings. The van der Waals surface area contributed by atoms with Crippen LogP contribution in [0.25, 0.3) is 0 Å². The van der Waals surface area contributed by atoms with E-state index in [1.54, 1.807) is 18.2 Å². The number of carbonyl (C=O) groups is 2. The molecule has 1 N–H and O–H groups in total. The third kappa shape index (κ3) is 6.01. The smallest absolute Gasteiger partial charge is 0.312 e. The zero-order valence-electron chi connectivity index (χ0n) is 12.8. The van der Waals surface area contributed by atoms with Crippen molar-refractivity contribution in [1.29, 1.82) is 0 Å². The molecule has 0 saturated heterocycles. The molecule has 0 aliphatic carbocycles. The maximum absolute atomic E-state index is 12.1. The Morgan fingerprint density at radius 2 is 1.73 bits per heavy atom. The normalized spacial score (nSPS) is 10.3. The largest absolute Gasteiger partial charge is 0.383 e. The van der Waals surface area contributed by atoms with Gasteiger partial charge in [0.05, 0.1) is 13.2 Å². The topological polar surface area (TPSA) is 67.9 Å². The van der Waals surface area contributed by atoms with Crippen LogP contribution in [0.1, 0.15) is 5.56 Å². The molecule has 1 aromatic carbocycles. The van der Waals surface area contributed by atoms with Crippen molar-refractivity contribution in [3.8, 4) is 0 Å². The van der Waals surface area contributed by atoms with Gasteiger partial charge in [-0.1, -0.05) is 29.8 Å². The number of rotatable bonds is 8. The molecule has 0 saturated carbocycles. The van der Waals surface area contributed by atoms with E-state index in [9.17, 15) is 9.59 Å². The molecule has 0 aliphatic heterocycles. The molecule has 7 heteroatoms. The first-order valence-electron chi connectivity index (χ1n) is 6.88. The fourth-order valence-corrected chi connectivity index (χ4v) is 1.96. The van der Waals surface area contributed by atoms with Gasteiger partial charge in [-0.2, -0.15) is 0 Å². The van der Waals surface area contributed by atoms with Crippen molar-refractivity contribution in [1.82, 2.24) is 10.2 Å². The minimum absolute atomic E-state index is 0.201. The molecule has 0 unspecified atom stereocenters. The van der Waals surface area contributed by atoms with E-state index >= 15 is 0 Å². The van der Waals surface area contributed by atoms with Gasteiger partial charge in [0.1, 0.15) is 0 Å². The van der Waals surface area contributed by atoms with Crippen molar-refractivity contribution >= 4 is 23.4 Å². The summed E-state index contributed by atoms with van der Waals surface area (Å²) >= 11 is 6.01. The number of nitrogens with one attached hydrogen (secondary N) is 1. The van der Waals surface area contributed by atoms with E-state index in [0.717, 1.165) is 5.56 Å². The van der Waals surface area contributed by atoms with Crippen LogP contribution < -0.4 is 5.32 Å². The summed E-state index contributed by atoms with van der Waals surface area (Å²) in [6.07, 6.45) is 0. The molecule has 6 nitrogen and oxygen atoms in total. The van der Waals surface area contributed by atoms with Crippen LogP contribution in [-0.4, -0.2) is 57.2 Å². The van der Waals surface area contributed by atoms with Crippen molar-refractivity contribution in [2.24, 2.45) is 0 Å². The number of benzene rings is 1. The van der Waals surface area contributed by atoms with E-state index in [1.807, 2.05) is 6.07 Å². The molecule has 0 spiro atoms. The van der Waals surface area contributed by atoms with E-state index in [1.165, 1.54) is 19.1 Å². The molecule has 1 aromatic rings. The van der Waals surface area contributed by atoms with Crippen molar-refractivity contribution in [2.75, 3.05) is 40.5 Å². The van der Waals surface area contributed by atoms with Gasteiger partial charge in [-0.15, -0.1) is 0 Å². The van der Waals surface area contributed by atoms with E-state index in [2.05, 4.69) is 5.32 Å². The van der Waals surface area contributed by atoms with Crippen LogP contribution in [0, 0.1) is 0 Å². The second-order valence-electron chi connectivity index (χ2n) is 4.55. The first-order valence-corrected chi connectivity index (χ1v) is 7.26. The van der Waals surface area contributed by atoms with Crippen LogP contribution in [0.5, 0.6) is 0 Å². The Morgan fingerprint density at radius 3 is 2.27 bits per heavy atom. The molecule has 0 heterocycles. The highest BCUT2D eigenvalue weighted by molar-refractivity contribution is 6.35. The van der Waals surface area contributed by atoms with Crippen molar-refractivity contribution in [2.45, 2.75) is 6.54 Å². The van der Waals surface area contributed by atoms with Crippen LogP contribution in [0.4, 0.5) is 0 Å². The predicted molar refractivity (Wildman–Crippen MR) is 83.6 cm³/mol. The monoisotopic (exact) mass is 328 g/mol. The van der Waals surface area contributed by atoms with Gasteiger partial charge in [0.25, 0.3) is 0 Å². The van der Waals surface area contributed by atoms with E-state index in [4.69, 9.17) is 21.1 Å². The summed E-state index contributed by atoms with van der Waals surface area (Å²) in [5, 5.41) is 3.12. The van der Waals surface area contributed by atoms with Gasteiger partial charge in [-0.25, -0.2) is 0 Å². The summed E-state index contributed by atoms with van der Waals surface area (Å²) in [6, 6.07) is 7.14. The van der Waals surface area contributed by atoms with Gasteiger partial charge < -0.3 is 19.7 Å². The van der Waals surface area contributed by atoms with Crippen LogP contribution >= 0.6 is 11.6 Å². The van der Waals surface area contributed by atoms with Crippen LogP contribution in [0.2, 0.25) is 5.02 Å². The summed E-state index contributed by atoms with van der Waals surface area (Å²) in [6.45, 7) is 1.57. The van der Waals surface area contributed by atoms with Gasteiger partial charge in [-0.05, 0) is 11.6 Å². The van der Waals surface area contributed by atoms with Crippen molar-refractivity contribution in [3.05, 3.63) is 34.9 Å². The van der Waals surface area contributed by atoms with Crippen LogP contribution in [0.3, 0.4) is 0 Å². The summed E-state index contributed by atoms with van der Waals surface area (Å²) in [5.74, 6) is -1.28. The molecule has 0 aliphatic rings. The summed E-state index contributed by atoms with van der Waals surface area (Å²) in [5.41, 5.74) is 0.755. The summed E-state index contributed by atoms with van der Waals surface area (Å²) in [4.78, 5) is 25.5. The molecule has 0 aromatic heterocycles. The molecular formula is C15H21ClN2O4. The Kier molecular flexibility index (Phi) is 8.50. The predicted octanol–water partition coefficient (Wildman–Crippen LogP) is 1.08. The van der Waals surface area contributed by atoms with Gasteiger partial charge in [-0.3, -0.25) is 9.59 Å². The number of nitrogens with zero attached hydrogens (tertiary/aromatic N) is 1. The Morgan fingerprint density at radius 1 is 1.14 bits per heavy atom. The zero-order valence-corrected chi connectivity index (χ0v) is 13.6.